The lowest BCUT2D eigenvalue weighted by molar-refractivity contribution is -0.141. The summed E-state index contributed by atoms with van der Waals surface area (Å²) in [7, 11) is 0. The molecule has 1 rings (SSSR count). The van der Waals surface area contributed by atoms with Crippen molar-refractivity contribution < 1.29 is 18.0 Å². The van der Waals surface area contributed by atoms with Crippen LogP contribution < -0.4 is 5.73 Å². The van der Waals surface area contributed by atoms with Crippen molar-refractivity contribution in [2.24, 2.45) is 5.73 Å². The van der Waals surface area contributed by atoms with Gasteiger partial charge in [-0.25, -0.2) is 0 Å². The lowest BCUT2D eigenvalue weighted by atomic mass is 9.78. The predicted molar refractivity (Wildman–Crippen MR) is 58.3 cm³/mol. The molecule has 0 heterocycles. The Hall–Kier alpha value is -1.52. The number of halogens is 3. The Morgan fingerprint density at radius 3 is 2.12 bits per heavy atom. The maximum Gasteiger partial charge on any atom is 0.389 e. The topological polar surface area (TPSA) is 43.1 Å². The third kappa shape index (κ3) is 3.47. The average Bonchev–Trinajstić information content (AvgIpc) is 2.26. The smallest absolute Gasteiger partial charge is 0.369 e. The van der Waals surface area contributed by atoms with Gasteiger partial charge in [0.1, 0.15) is 0 Å². The first-order valence-electron chi connectivity index (χ1n) is 5.18. The van der Waals surface area contributed by atoms with E-state index in [1.54, 1.807) is 30.3 Å². The number of hydrogen-bond donors (Lipinski definition) is 1. The number of primary amides is 1. The number of carbonyl (C=O) groups is 1. The first kappa shape index (κ1) is 13.5. The number of carbonyl (C=O) groups excluding carboxylic acids is 1. The second kappa shape index (κ2) is 4.77. The highest BCUT2D eigenvalue weighted by molar-refractivity contribution is 5.86. The third-order valence-electron chi connectivity index (χ3n) is 2.86. The highest BCUT2D eigenvalue weighted by atomic mass is 19.4. The highest BCUT2D eigenvalue weighted by Crippen LogP contribution is 2.33. The summed E-state index contributed by atoms with van der Waals surface area (Å²) in [5, 5.41) is 0. The Kier molecular flexibility index (Phi) is 3.80. The molecule has 0 bridgehead atoms. The zero-order valence-electron chi connectivity index (χ0n) is 9.42. The summed E-state index contributed by atoms with van der Waals surface area (Å²) in [4.78, 5) is 11.4. The van der Waals surface area contributed by atoms with Gasteiger partial charge in [-0.05, 0) is 18.9 Å². The van der Waals surface area contributed by atoms with Crippen LogP contribution in [0.1, 0.15) is 25.3 Å². The number of rotatable bonds is 4. The summed E-state index contributed by atoms with van der Waals surface area (Å²) < 4.78 is 36.6. The van der Waals surface area contributed by atoms with Gasteiger partial charge in [-0.15, -0.1) is 0 Å². The largest absolute Gasteiger partial charge is 0.389 e. The van der Waals surface area contributed by atoms with Crippen LogP contribution in [-0.2, 0) is 10.2 Å². The van der Waals surface area contributed by atoms with Crippen LogP contribution in [0.3, 0.4) is 0 Å². The van der Waals surface area contributed by atoms with Crippen LogP contribution in [-0.4, -0.2) is 12.1 Å². The van der Waals surface area contributed by atoms with Gasteiger partial charge in [0.25, 0.3) is 0 Å². The van der Waals surface area contributed by atoms with Crippen molar-refractivity contribution in [2.75, 3.05) is 0 Å². The summed E-state index contributed by atoms with van der Waals surface area (Å²) in [5.41, 5.74) is 4.46. The normalized spacial score (nSPS) is 15.3. The number of alkyl halides is 3. The van der Waals surface area contributed by atoms with Crippen molar-refractivity contribution in [2.45, 2.75) is 31.4 Å². The predicted octanol–water partition coefficient (Wildman–Crippen LogP) is 2.77. The molecule has 2 N–H and O–H groups in total. The van der Waals surface area contributed by atoms with Crippen molar-refractivity contribution in [1.29, 1.82) is 0 Å². The summed E-state index contributed by atoms with van der Waals surface area (Å²) in [6, 6.07) is 8.30. The molecule has 0 radical (unpaired) electrons. The van der Waals surface area contributed by atoms with Gasteiger partial charge in [0.05, 0.1) is 5.41 Å². The fourth-order valence-electron chi connectivity index (χ4n) is 1.61. The zero-order chi connectivity index (χ0) is 13.1. The second-order valence-electron chi connectivity index (χ2n) is 4.18. The van der Waals surface area contributed by atoms with E-state index in [1.807, 2.05) is 0 Å². The molecule has 1 aromatic rings. The Labute approximate surface area is 97.6 Å². The molecule has 5 heteroatoms. The number of nitrogens with two attached hydrogens (primary N) is 1. The van der Waals surface area contributed by atoms with Crippen LogP contribution in [0.4, 0.5) is 13.2 Å². The van der Waals surface area contributed by atoms with Crippen molar-refractivity contribution in [3.63, 3.8) is 0 Å². The summed E-state index contributed by atoms with van der Waals surface area (Å²) >= 11 is 0. The van der Waals surface area contributed by atoms with Crippen molar-refractivity contribution in [3.8, 4) is 0 Å². The zero-order valence-corrected chi connectivity index (χ0v) is 9.42. The summed E-state index contributed by atoms with van der Waals surface area (Å²) in [6.07, 6.45) is -5.65. The van der Waals surface area contributed by atoms with Crippen LogP contribution in [0.25, 0.3) is 0 Å². The van der Waals surface area contributed by atoms with E-state index in [4.69, 9.17) is 5.73 Å². The first-order chi connectivity index (χ1) is 7.76. The van der Waals surface area contributed by atoms with Gasteiger partial charge >= 0.3 is 6.18 Å². The molecular weight excluding hydrogens is 231 g/mol. The van der Waals surface area contributed by atoms with E-state index in [0.717, 1.165) is 0 Å². The molecule has 1 unspecified atom stereocenters. The maximum atomic E-state index is 12.2. The van der Waals surface area contributed by atoms with Crippen LogP contribution in [0.15, 0.2) is 30.3 Å². The lowest BCUT2D eigenvalue weighted by Crippen LogP contribution is -2.39. The Bertz CT molecular complexity index is 388. The molecule has 1 atom stereocenters. The minimum Gasteiger partial charge on any atom is -0.369 e. The number of benzene rings is 1. The third-order valence-corrected chi connectivity index (χ3v) is 2.86. The molecule has 1 aromatic carbocycles. The van der Waals surface area contributed by atoms with E-state index in [9.17, 15) is 18.0 Å². The van der Waals surface area contributed by atoms with Gasteiger partial charge < -0.3 is 5.73 Å². The fraction of sp³-hybridized carbons (Fsp3) is 0.417. The summed E-state index contributed by atoms with van der Waals surface area (Å²) in [5.74, 6) is -0.743. The summed E-state index contributed by atoms with van der Waals surface area (Å²) in [6.45, 7) is 1.44. The van der Waals surface area contributed by atoms with Gasteiger partial charge in [0.15, 0.2) is 0 Å². The van der Waals surface area contributed by atoms with Crippen molar-refractivity contribution in [1.82, 2.24) is 0 Å². The highest BCUT2D eigenvalue weighted by Gasteiger charge is 2.38. The van der Waals surface area contributed by atoms with Crippen LogP contribution in [0.2, 0.25) is 0 Å². The molecule has 0 aromatic heterocycles. The molecule has 94 valence electrons. The van der Waals surface area contributed by atoms with E-state index in [1.165, 1.54) is 6.92 Å². The van der Waals surface area contributed by atoms with E-state index >= 15 is 0 Å². The Balaban J connectivity index is 2.95. The molecule has 0 fully saturated rings. The number of hydrogen-bond acceptors (Lipinski definition) is 1. The Morgan fingerprint density at radius 1 is 1.18 bits per heavy atom. The van der Waals surface area contributed by atoms with E-state index in [2.05, 4.69) is 0 Å². The van der Waals surface area contributed by atoms with Gasteiger partial charge in [-0.2, -0.15) is 13.2 Å². The molecule has 0 spiro atoms. The minimum atomic E-state index is -4.29. The molecule has 0 saturated heterocycles. The first-order valence-corrected chi connectivity index (χ1v) is 5.18. The molecule has 17 heavy (non-hydrogen) atoms. The van der Waals surface area contributed by atoms with Crippen molar-refractivity contribution in [3.05, 3.63) is 35.9 Å². The minimum absolute atomic E-state index is 0.337. The molecule has 0 aliphatic heterocycles. The van der Waals surface area contributed by atoms with E-state index in [-0.39, 0.29) is 6.42 Å². The lowest BCUT2D eigenvalue weighted by Gasteiger charge is -2.27. The SMILES string of the molecule is CC(CCC(F)(F)F)(C(N)=O)c1ccccc1. The molecule has 0 aliphatic carbocycles. The second-order valence-corrected chi connectivity index (χ2v) is 4.18. The van der Waals surface area contributed by atoms with E-state index < -0.39 is 23.9 Å². The van der Waals surface area contributed by atoms with Gasteiger partial charge in [0, 0.05) is 6.42 Å². The monoisotopic (exact) mass is 245 g/mol. The van der Waals surface area contributed by atoms with Crippen molar-refractivity contribution >= 4 is 5.91 Å². The molecule has 0 saturated carbocycles. The number of amides is 1. The molecular formula is C12H14F3NO. The van der Waals surface area contributed by atoms with Crippen LogP contribution in [0.5, 0.6) is 0 Å². The molecule has 1 amide bonds. The fourth-order valence-corrected chi connectivity index (χ4v) is 1.61. The standard InChI is InChI=1S/C12H14F3NO/c1-11(10(16)17,7-8-12(13,14)15)9-5-3-2-4-6-9/h2-6H,7-8H2,1H3,(H2,16,17). The van der Waals surface area contributed by atoms with Crippen LogP contribution in [0, 0.1) is 0 Å². The van der Waals surface area contributed by atoms with Crippen LogP contribution >= 0.6 is 0 Å². The Morgan fingerprint density at radius 2 is 1.71 bits per heavy atom. The average molecular weight is 245 g/mol. The quantitative estimate of drug-likeness (QED) is 0.870. The van der Waals surface area contributed by atoms with Gasteiger partial charge in [-0.3, -0.25) is 4.79 Å². The van der Waals surface area contributed by atoms with E-state index in [0.29, 0.717) is 5.56 Å². The molecule has 2 nitrogen and oxygen atoms in total. The van der Waals surface area contributed by atoms with Gasteiger partial charge in [0.2, 0.25) is 5.91 Å². The maximum absolute atomic E-state index is 12.2. The molecule has 0 aliphatic rings. The van der Waals surface area contributed by atoms with Gasteiger partial charge in [-0.1, -0.05) is 30.3 Å².